The number of unbranched alkanes of at least 4 members (excludes halogenated alkanes) is 1. The average Bonchev–Trinajstić information content (AvgIpc) is 3.11. The lowest BCUT2D eigenvalue weighted by Crippen LogP contribution is -2.35. The maximum Gasteiger partial charge on any atom is 0.295 e. The zero-order valence-electron chi connectivity index (χ0n) is 21.6. The van der Waals surface area contributed by atoms with Gasteiger partial charge in [-0.05, 0) is 68.9 Å². The highest BCUT2D eigenvalue weighted by Crippen LogP contribution is 2.40. The lowest BCUT2D eigenvalue weighted by atomic mass is 9.94. The Morgan fingerprint density at radius 3 is 2.47 bits per heavy atom. The highest BCUT2D eigenvalue weighted by Gasteiger charge is 2.45. The van der Waals surface area contributed by atoms with Crippen molar-refractivity contribution in [2.45, 2.75) is 32.7 Å². The first kappa shape index (κ1) is 27.0. The van der Waals surface area contributed by atoms with E-state index in [-0.39, 0.29) is 11.3 Å². The third-order valence-electron chi connectivity index (χ3n) is 6.10. The quantitative estimate of drug-likeness (QED) is 0.152. The summed E-state index contributed by atoms with van der Waals surface area (Å²) in [7, 11) is 3.82. The number of hydrogen-bond donors (Lipinski definition) is 1. The fourth-order valence-electron chi connectivity index (χ4n) is 4.11. The number of amides is 1. The van der Waals surface area contributed by atoms with E-state index in [1.165, 1.54) is 4.90 Å². The number of carbonyl (C=O) groups excluding carboxylic acids is 2. The number of ether oxygens (including phenoxy) is 2. The molecule has 7 heteroatoms. The Morgan fingerprint density at radius 2 is 1.86 bits per heavy atom. The van der Waals surface area contributed by atoms with E-state index < -0.39 is 17.7 Å². The lowest BCUT2D eigenvalue weighted by Gasteiger charge is -2.26. The van der Waals surface area contributed by atoms with Crippen LogP contribution in [0.4, 0.5) is 0 Å². The summed E-state index contributed by atoms with van der Waals surface area (Å²) < 4.78 is 11.4. The van der Waals surface area contributed by atoms with Crippen LogP contribution in [0.3, 0.4) is 0 Å². The van der Waals surface area contributed by atoms with Crippen molar-refractivity contribution >= 4 is 17.4 Å². The van der Waals surface area contributed by atoms with Crippen LogP contribution in [0.1, 0.15) is 42.5 Å². The number of ketones is 1. The molecule has 1 saturated heterocycles. The van der Waals surface area contributed by atoms with E-state index >= 15 is 0 Å². The minimum atomic E-state index is -0.702. The van der Waals surface area contributed by atoms with Gasteiger partial charge >= 0.3 is 0 Å². The minimum absolute atomic E-state index is 0.0811. The topological polar surface area (TPSA) is 79.3 Å². The van der Waals surface area contributed by atoms with Crippen molar-refractivity contribution in [1.29, 1.82) is 0 Å². The molecular formula is C29H36N2O5. The molecule has 1 N–H and O–H groups in total. The maximum atomic E-state index is 13.2. The molecule has 1 aliphatic rings. The fraction of sp³-hybridized carbons (Fsp3) is 0.379. The van der Waals surface area contributed by atoms with Crippen molar-refractivity contribution in [3.63, 3.8) is 0 Å². The number of hydrogen-bond acceptors (Lipinski definition) is 6. The Bertz CT molecular complexity index is 1120. The number of likely N-dealkylation sites (N-methyl/N-ethyl adjacent to an activating group) is 1. The van der Waals surface area contributed by atoms with Crippen LogP contribution in [-0.2, 0) is 9.59 Å². The summed E-state index contributed by atoms with van der Waals surface area (Å²) in [5.74, 6) is -0.123. The monoisotopic (exact) mass is 492 g/mol. The number of Topliss-reactive ketones (excluding diaryl/α,β-unsaturated/α-hetero) is 1. The van der Waals surface area contributed by atoms with E-state index in [2.05, 4.69) is 13.5 Å². The molecule has 7 nitrogen and oxygen atoms in total. The molecule has 1 unspecified atom stereocenters. The smallest absolute Gasteiger partial charge is 0.295 e. The lowest BCUT2D eigenvalue weighted by molar-refractivity contribution is -0.140. The van der Waals surface area contributed by atoms with Gasteiger partial charge in [0.2, 0.25) is 0 Å². The molecule has 0 spiro atoms. The number of aliphatic hydroxyl groups excluding tert-OH is 1. The van der Waals surface area contributed by atoms with E-state index in [4.69, 9.17) is 9.47 Å². The van der Waals surface area contributed by atoms with Gasteiger partial charge in [0.05, 0.1) is 18.2 Å². The molecule has 1 atom stereocenters. The molecule has 1 amide bonds. The highest BCUT2D eigenvalue weighted by molar-refractivity contribution is 6.46. The second-order valence-electron chi connectivity index (χ2n) is 9.15. The van der Waals surface area contributed by atoms with Crippen molar-refractivity contribution in [1.82, 2.24) is 9.80 Å². The van der Waals surface area contributed by atoms with Crippen LogP contribution in [-0.4, -0.2) is 67.0 Å². The van der Waals surface area contributed by atoms with Crippen molar-refractivity contribution in [2.24, 2.45) is 0 Å². The van der Waals surface area contributed by atoms with Gasteiger partial charge in [0.25, 0.3) is 11.7 Å². The van der Waals surface area contributed by atoms with Gasteiger partial charge < -0.3 is 24.4 Å². The van der Waals surface area contributed by atoms with Gasteiger partial charge in [-0.25, -0.2) is 0 Å². The summed E-state index contributed by atoms with van der Waals surface area (Å²) in [5.41, 5.74) is 2.07. The normalized spacial score (nSPS) is 17.0. The molecular weight excluding hydrogens is 456 g/mol. The van der Waals surface area contributed by atoms with Gasteiger partial charge in [-0.2, -0.15) is 0 Å². The number of nitrogens with zero attached hydrogens (tertiary/aromatic N) is 2. The van der Waals surface area contributed by atoms with Crippen LogP contribution < -0.4 is 9.47 Å². The minimum Gasteiger partial charge on any atom is -0.507 e. The predicted molar refractivity (Wildman–Crippen MR) is 141 cm³/mol. The van der Waals surface area contributed by atoms with Crippen molar-refractivity contribution in [3.05, 3.63) is 77.4 Å². The highest BCUT2D eigenvalue weighted by atomic mass is 16.5. The summed E-state index contributed by atoms with van der Waals surface area (Å²) in [4.78, 5) is 29.8. The molecule has 0 saturated carbocycles. The third kappa shape index (κ3) is 6.15. The molecule has 3 rings (SSSR count). The summed E-state index contributed by atoms with van der Waals surface area (Å²) in [6, 6.07) is 11.9. The number of likely N-dealkylation sites (tertiary alicyclic amines) is 1. The number of aliphatic hydroxyl groups is 1. The molecule has 2 aromatic rings. The first-order valence-electron chi connectivity index (χ1n) is 12.3. The van der Waals surface area contributed by atoms with Gasteiger partial charge in [-0.15, -0.1) is 0 Å². The molecule has 0 bridgehead atoms. The second-order valence-corrected chi connectivity index (χ2v) is 9.15. The molecule has 0 aliphatic carbocycles. The molecule has 1 fully saturated rings. The van der Waals surface area contributed by atoms with Crippen molar-refractivity contribution in [3.8, 4) is 11.5 Å². The van der Waals surface area contributed by atoms with Crippen molar-refractivity contribution in [2.75, 3.05) is 40.4 Å². The standard InChI is InChI=1S/C29H36N2O5/c1-6-8-18-35-23-12-9-21(10-13-23)26-25(28(33)29(34)31(26)16-15-30(4)5)27(32)22-11-14-24(20(3)19-22)36-17-7-2/h7,9-14,19,26,32H,2,6,8,15-18H2,1,3-5H3. The van der Waals surface area contributed by atoms with E-state index in [0.717, 1.165) is 29.7 Å². The van der Waals surface area contributed by atoms with Crippen LogP contribution in [0.5, 0.6) is 11.5 Å². The van der Waals surface area contributed by atoms with Crippen molar-refractivity contribution < 1.29 is 24.2 Å². The van der Waals surface area contributed by atoms with Crippen LogP contribution in [0.2, 0.25) is 0 Å². The van der Waals surface area contributed by atoms with E-state index in [9.17, 15) is 14.7 Å². The Kier molecular flexibility index (Phi) is 9.31. The Hall–Kier alpha value is -3.58. The van der Waals surface area contributed by atoms with Crippen LogP contribution >= 0.6 is 0 Å². The first-order chi connectivity index (χ1) is 17.3. The Morgan fingerprint density at radius 1 is 1.14 bits per heavy atom. The summed E-state index contributed by atoms with van der Waals surface area (Å²) >= 11 is 0. The molecule has 36 heavy (non-hydrogen) atoms. The molecule has 0 aromatic heterocycles. The van der Waals surface area contributed by atoms with E-state index in [1.807, 2.05) is 50.2 Å². The van der Waals surface area contributed by atoms with Gasteiger partial charge in [0, 0.05) is 18.7 Å². The predicted octanol–water partition coefficient (Wildman–Crippen LogP) is 4.72. The van der Waals surface area contributed by atoms with Gasteiger partial charge in [0.1, 0.15) is 23.9 Å². The van der Waals surface area contributed by atoms with Gasteiger partial charge in [-0.3, -0.25) is 9.59 Å². The second kappa shape index (κ2) is 12.4. The van der Waals surface area contributed by atoms with Crippen LogP contribution in [0, 0.1) is 6.92 Å². The zero-order valence-corrected chi connectivity index (χ0v) is 21.6. The molecule has 2 aromatic carbocycles. The summed E-state index contributed by atoms with van der Waals surface area (Å²) in [6.07, 6.45) is 3.66. The maximum absolute atomic E-state index is 13.2. The fourth-order valence-corrected chi connectivity index (χ4v) is 4.11. The molecule has 192 valence electrons. The van der Waals surface area contributed by atoms with E-state index in [1.54, 1.807) is 24.3 Å². The SMILES string of the molecule is C=CCOc1ccc(C(O)=C2C(=O)C(=O)N(CCN(C)C)C2c2ccc(OCCCC)cc2)cc1C. The van der Waals surface area contributed by atoms with Gasteiger partial charge in [0.15, 0.2) is 0 Å². The molecule has 1 aliphatic heterocycles. The largest absolute Gasteiger partial charge is 0.507 e. The Balaban J connectivity index is 2.03. The van der Waals surface area contributed by atoms with E-state index in [0.29, 0.717) is 37.6 Å². The molecule has 0 radical (unpaired) electrons. The Labute approximate surface area is 213 Å². The number of benzene rings is 2. The van der Waals surface area contributed by atoms with Crippen LogP contribution in [0.25, 0.3) is 5.76 Å². The zero-order chi connectivity index (χ0) is 26.2. The van der Waals surface area contributed by atoms with Crippen LogP contribution in [0.15, 0.2) is 60.7 Å². The number of aryl methyl sites for hydroxylation is 1. The van der Waals surface area contributed by atoms with Gasteiger partial charge in [-0.1, -0.05) is 38.1 Å². The summed E-state index contributed by atoms with van der Waals surface area (Å²) in [6.45, 7) is 9.54. The number of carbonyl (C=O) groups is 2. The number of rotatable bonds is 12. The third-order valence-corrected chi connectivity index (χ3v) is 6.10. The summed E-state index contributed by atoms with van der Waals surface area (Å²) in [5, 5.41) is 11.3. The first-order valence-corrected chi connectivity index (χ1v) is 12.3. The average molecular weight is 493 g/mol. The molecule has 1 heterocycles.